The summed E-state index contributed by atoms with van der Waals surface area (Å²) in [6, 6.07) is 1.51. The Morgan fingerprint density at radius 1 is 1.56 bits per heavy atom. The standard InChI is InChI=1S/C11H17BrN2O4/c1-16-6-8(3-4-12)13-11(15)10-5-9(7-17-2)18-14-10/h5,8H,3-4,6-7H2,1-2H3,(H,13,15). The van der Waals surface area contributed by atoms with Crippen LogP contribution >= 0.6 is 15.9 Å². The summed E-state index contributed by atoms with van der Waals surface area (Å²) in [6.07, 6.45) is 0.780. The number of aromatic nitrogens is 1. The van der Waals surface area contributed by atoms with Gasteiger partial charge in [0.05, 0.1) is 12.6 Å². The Bertz CT molecular complexity index is 364. The fourth-order valence-corrected chi connectivity index (χ4v) is 1.97. The van der Waals surface area contributed by atoms with E-state index in [1.54, 1.807) is 20.3 Å². The largest absolute Gasteiger partial charge is 0.383 e. The number of nitrogens with zero attached hydrogens (tertiary/aromatic N) is 1. The van der Waals surface area contributed by atoms with Crippen LogP contribution in [0.2, 0.25) is 0 Å². The molecule has 0 aliphatic heterocycles. The lowest BCUT2D eigenvalue weighted by molar-refractivity contribution is 0.0886. The van der Waals surface area contributed by atoms with Crippen molar-refractivity contribution in [3.8, 4) is 0 Å². The molecule has 1 aromatic heterocycles. The van der Waals surface area contributed by atoms with E-state index >= 15 is 0 Å². The van der Waals surface area contributed by atoms with Gasteiger partial charge in [-0.1, -0.05) is 21.1 Å². The van der Waals surface area contributed by atoms with E-state index in [1.807, 2.05) is 0 Å². The molecule has 0 bridgehead atoms. The summed E-state index contributed by atoms with van der Waals surface area (Å²) in [6.45, 7) is 0.753. The second-order valence-electron chi connectivity index (χ2n) is 3.71. The zero-order valence-corrected chi connectivity index (χ0v) is 12.0. The van der Waals surface area contributed by atoms with Gasteiger partial charge < -0.3 is 19.3 Å². The first-order valence-corrected chi connectivity index (χ1v) is 6.63. The normalized spacial score (nSPS) is 12.4. The average Bonchev–Trinajstić information content (AvgIpc) is 2.79. The third-order valence-corrected chi connectivity index (χ3v) is 2.70. The van der Waals surface area contributed by atoms with Crippen LogP contribution in [0.4, 0.5) is 0 Å². The van der Waals surface area contributed by atoms with Gasteiger partial charge in [0.15, 0.2) is 11.5 Å². The van der Waals surface area contributed by atoms with Gasteiger partial charge in [0.2, 0.25) is 0 Å². The first-order valence-electron chi connectivity index (χ1n) is 5.51. The zero-order valence-electron chi connectivity index (χ0n) is 10.4. The van der Waals surface area contributed by atoms with Gasteiger partial charge in [-0.05, 0) is 6.42 Å². The van der Waals surface area contributed by atoms with Crippen molar-refractivity contribution >= 4 is 21.8 Å². The minimum Gasteiger partial charge on any atom is -0.383 e. The Kier molecular flexibility index (Phi) is 6.92. The number of halogens is 1. The Balaban J connectivity index is 2.56. The first kappa shape index (κ1) is 15.1. The van der Waals surface area contributed by atoms with Crippen molar-refractivity contribution in [3.63, 3.8) is 0 Å². The van der Waals surface area contributed by atoms with Gasteiger partial charge in [-0.15, -0.1) is 0 Å². The van der Waals surface area contributed by atoms with Gasteiger partial charge in [0.25, 0.3) is 5.91 Å². The Hall–Kier alpha value is -0.920. The zero-order chi connectivity index (χ0) is 13.4. The van der Waals surface area contributed by atoms with E-state index in [2.05, 4.69) is 26.4 Å². The van der Waals surface area contributed by atoms with E-state index in [-0.39, 0.29) is 17.6 Å². The molecule has 1 amide bonds. The average molecular weight is 321 g/mol. The molecular weight excluding hydrogens is 304 g/mol. The van der Waals surface area contributed by atoms with Gasteiger partial charge in [-0.2, -0.15) is 0 Å². The van der Waals surface area contributed by atoms with E-state index in [9.17, 15) is 4.79 Å². The predicted octanol–water partition coefficient (Wildman–Crippen LogP) is 1.35. The fraction of sp³-hybridized carbons (Fsp3) is 0.636. The SMILES string of the molecule is COCc1cc(C(=O)NC(CCBr)COC)no1. The number of alkyl halides is 1. The highest BCUT2D eigenvalue weighted by Crippen LogP contribution is 2.06. The molecule has 0 saturated heterocycles. The quantitative estimate of drug-likeness (QED) is 0.732. The molecule has 1 N–H and O–H groups in total. The Morgan fingerprint density at radius 2 is 2.33 bits per heavy atom. The summed E-state index contributed by atoms with van der Waals surface area (Å²) in [5, 5.41) is 7.31. The fourth-order valence-electron chi connectivity index (χ4n) is 1.42. The van der Waals surface area contributed by atoms with Crippen LogP contribution in [0.25, 0.3) is 0 Å². The van der Waals surface area contributed by atoms with Crippen molar-refractivity contribution in [1.82, 2.24) is 10.5 Å². The lowest BCUT2D eigenvalue weighted by Gasteiger charge is -2.15. The molecule has 1 heterocycles. The van der Waals surface area contributed by atoms with Crippen LogP contribution in [0.1, 0.15) is 22.7 Å². The molecule has 0 saturated carbocycles. The van der Waals surface area contributed by atoms with Crippen LogP contribution < -0.4 is 5.32 Å². The minimum atomic E-state index is -0.274. The van der Waals surface area contributed by atoms with Gasteiger partial charge in [-0.3, -0.25) is 4.79 Å². The van der Waals surface area contributed by atoms with Crippen LogP contribution in [0.3, 0.4) is 0 Å². The second-order valence-corrected chi connectivity index (χ2v) is 4.51. The number of ether oxygens (including phenoxy) is 2. The maximum atomic E-state index is 11.9. The van der Waals surface area contributed by atoms with Crippen molar-refractivity contribution in [3.05, 3.63) is 17.5 Å². The van der Waals surface area contributed by atoms with Crippen LogP contribution in [0.5, 0.6) is 0 Å². The monoisotopic (exact) mass is 320 g/mol. The third-order valence-electron chi connectivity index (χ3n) is 2.24. The van der Waals surface area contributed by atoms with Crippen molar-refractivity contribution in [2.45, 2.75) is 19.1 Å². The van der Waals surface area contributed by atoms with Crippen molar-refractivity contribution in [2.24, 2.45) is 0 Å². The number of hydrogen-bond donors (Lipinski definition) is 1. The third kappa shape index (κ3) is 4.75. The molecule has 1 unspecified atom stereocenters. The lowest BCUT2D eigenvalue weighted by Crippen LogP contribution is -2.38. The number of nitrogens with one attached hydrogen (secondary N) is 1. The number of rotatable bonds is 8. The summed E-state index contributed by atoms with van der Waals surface area (Å²) in [4.78, 5) is 11.9. The van der Waals surface area contributed by atoms with Crippen molar-refractivity contribution in [2.75, 3.05) is 26.2 Å². The van der Waals surface area contributed by atoms with Crippen LogP contribution in [-0.4, -0.2) is 43.3 Å². The highest BCUT2D eigenvalue weighted by atomic mass is 79.9. The van der Waals surface area contributed by atoms with Crippen LogP contribution in [0, 0.1) is 0 Å². The molecule has 6 nitrogen and oxygen atoms in total. The van der Waals surface area contributed by atoms with Gasteiger partial charge in [-0.25, -0.2) is 0 Å². The maximum absolute atomic E-state index is 11.9. The van der Waals surface area contributed by atoms with Crippen molar-refractivity contribution in [1.29, 1.82) is 0 Å². The summed E-state index contributed by atoms with van der Waals surface area (Å²) < 4.78 is 14.9. The van der Waals surface area contributed by atoms with Crippen molar-refractivity contribution < 1.29 is 18.8 Å². The Labute approximate surface area is 114 Å². The molecule has 102 valence electrons. The molecule has 1 rings (SSSR count). The van der Waals surface area contributed by atoms with E-state index in [0.29, 0.717) is 19.0 Å². The minimum absolute atomic E-state index is 0.0514. The van der Waals surface area contributed by atoms with Crippen LogP contribution in [-0.2, 0) is 16.1 Å². The number of amides is 1. The highest BCUT2D eigenvalue weighted by Gasteiger charge is 2.16. The Morgan fingerprint density at radius 3 is 2.94 bits per heavy atom. The van der Waals surface area contributed by atoms with Gasteiger partial charge in [0.1, 0.15) is 6.61 Å². The number of carbonyl (C=O) groups excluding carboxylic acids is 1. The number of carbonyl (C=O) groups is 1. The number of hydrogen-bond acceptors (Lipinski definition) is 5. The van der Waals surface area contributed by atoms with E-state index in [4.69, 9.17) is 14.0 Å². The van der Waals surface area contributed by atoms with E-state index in [0.717, 1.165) is 11.8 Å². The van der Waals surface area contributed by atoms with Crippen LogP contribution in [0.15, 0.2) is 10.6 Å². The van der Waals surface area contributed by atoms with E-state index in [1.165, 1.54) is 0 Å². The molecule has 0 fully saturated rings. The maximum Gasteiger partial charge on any atom is 0.273 e. The second kappa shape index (κ2) is 8.23. The summed E-state index contributed by atoms with van der Waals surface area (Å²) in [5.74, 6) is 0.246. The molecule has 1 aromatic rings. The molecule has 0 aliphatic rings. The summed E-state index contributed by atoms with van der Waals surface area (Å²) in [7, 11) is 3.15. The van der Waals surface area contributed by atoms with E-state index < -0.39 is 0 Å². The van der Waals surface area contributed by atoms with Gasteiger partial charge in [0, 0.05) is 25.6 Å². The topological polar surface area (TPSA) is 73.6 Å². The first-order chi connectivity index (χ1) is 8.71. The molecule has 18 heavy (non-hydrogen) atoms. The molecule has 0 aromatic carbocycles. The molecule has 0 aliphatic carbocycles. The summed E-state index contributed by atoms with van der Waals surface area (Å²) in [5.41, 5.74) is 0.248. The molecule has 0 radical (unpaired) electrons. The molecule has 7 heteroatoms. The smallest absolute Gasteiger partial charge is 0.273 e. The highest BCUT2D eigenvalue weighted by molar-refractivity contribution is 9.09. The summed E-state index contributed by atoms with van der Waals surface area (Å²) >= 11 is 3.33. The predicted molar refractivity (Wildman–Crippen MR) is 68.8 cm³/mol. The molecule has 0 spiro atoms. The molecular formula is C11H17BrN2O4. The van der Waals surface area contributed by atoms with Gasteiger partial charge >= 0.3 is 0 Å². The lowest BCUT2D eigenvalue weighted by atomic mass is 10.2. The number of methoxy groups -OCH3 is 2. The molecule has 1 atom stereocenters.